The molecule has 1 aromatic rings. The third kappa shape index (κ3) is 5.17. The number of benzene rings is 1. The molecule has 0 saturated carbocycles. The third-order valence-corrected chi connectivity index (χ3v) is 3.01. The van der Waals surface area contributed by atoms with Gasteiger partial charge in [-0.15, -0.1) is 0 Å². The van der Waals surface area contributed by atoms with E-state index in [1.165, 1.54) is 21.3 Å². The van der Waals surface area contributed by atoms with Crippen molar-refractivity contribution in [3.05, 3.63) is 35.4 Å². The summed E-state index contributed by atoms with van der Waals surface area (Å²) < 4.78 is 13.8. The Morgan fingerprint density at radius 2 is 1.64 bits per heavy atom. The number of hydrogen-bond donors (Lipinski definition) is 1. The molecule has 0 radical (unpaired) electrons. The molecule has 0 saturated heterocycles. The number of esters is 3. The van der Waals surface area contributed by atoms with Gasteiger partial charge in [0.05, 0.1) is 33.3 Å². The molecule has 0 spiro atoms. The maximum Gasteiger partial charge on any atom is 0.337 e. The molecule has 1 rings (SSSR count). The minimum atomic E-state index is -0.794. The van der Waals surface area contributed by atoms with Crippen molar-refractivity contribution in [1.82, 2.24) is 5.32 Å². The highest BCUT2D eigenvalue weighted by atomic mass is 16.5. The predicted molar refractivity (Wildman–Crippen MR) is 77.1 cm³/mol. The SMILES string of the molecule is COC(=O)C[C@H](NCc1ccc(C(=O)OC)cc1)C(=O)OC. The van der Waals surface area contributed by atoms with E-state index >= 15 is 0 Å². The fourth-order valence-electron chi connectivity index (χ4n) is 1.75. The standard InChI is InChI=1S/C15H19NO6/c1-20-13(17)8-12(15(19)22-3)16-9-10-4-6-11(7-5-10)14(18)21-2/h4-7,12,16H,8-9H2,1-3H3/t12-/m0/s1. The normalized spacial score (nSPS) is 11.4. The summed E-state index contributed by atoms with van der Waals surface area (Å²) in [5, 5.41) is 2.92. The highest BCUT2D eigenvalue weighted by molar-refractivity contribution is 5.89. The monoisotopic (exact) mass is 309 g/mol. The first kappa shape index (κ1) is 17.6. The van der Waals surface area contributed by atoms with Gasteiger partial charge >= 0.3 is 17.9 Å². The lowest BCUT2D eigenvalue weighted by Gasteiger charge is -2.15. The number of ether oxygens (including phenoxy) is 3. The summed E-state index contributed by atoms with van der Waals surface area (Å²) >= 11 is 0. The molecule has 0 heterocycles. The van der Waals surface area contributed by atoms with Gasteiger partial charge in [0.25, 0.3) is 0 Å². The molecule has 0 aliphatic carbocycles. The van der Waals surface area contributed by atoms with Crippen molar-refractivity contribution in [2.75, 3.05) is 21.3 Å². The van der Waals surface area contributed by atoms with Gasteiger partial charge in [-0.2, -0.15) is 0 Å². The molecule has 0 amide bonds. The van der Waals surface area contributed by atoms with Crippen molar-refractivity contribution < 1.29 is 28.6 Å². The van der Waals surface area contributed by atoms with E-state index in [-0.39, 0.29) is 6.42 Å². The van der Waals surface area contributed by atoms with Gasteiger partial charge in [0, 0.05) is 6.54 Å². The van der Waals surface area contributed by atoms with Crippen LogP contribution in [0, 0.1) is 0 Å². The molecule has 0 fully saturated rings. The number of rotatable bonds is 7. The van der Waals surface area contributed by atoms with Crippen molar-refractivity contribution in [1.29, 1.82) is 0 Å². The minimum Gasteiger partial charge on any atom is -0.469 e. The third-order valence-electron chi connectivity index (χ3n) is 3.01. The summed E-state index contributed by atoms with van der Waals surface area (Å²) in [4.78, 5) is 34.2. The molecule has 1 aromatic carbocycles. The van der Waals surface area contributed by atoms with Gasteiger partial charge in [-0.05, 0) is 17.7 Å². The van der Waals surface area contributed by atoms with Crippen molar-refractivity contribution >= 4 is 17.9 Å². The zero-order valence-electron chi connectivity index (χ0n) is 12.8. The van der Waals surface area contributed by atoms with E-state index in [1.54, 1.807) is 24.3 Å². The molecule has 7 nitrogen and oxygen atoms in total. The maximum absolute atomic E-state index is 11.6. The van der Waals surface area contributed by atoms with Gasteiger partial charge < -0.3 is 14.2 Å². The van der Waals surface area contributed by atoms with Crippen LogP contribution >= 0.6 is 0 Å². The van der Waals surface area contributed by atoms with E-state index in [0.717, 1.165) is 5.56 Å². The first-order chi connectivity index (χ1) is 10.5. The Balaban J connectivity index is 2.66. The van der Waals surface area contributed by atoms with Gasteiger partial charge in [0.1, 0.15) is 6.04 Å². The molecule has 0 bridgehead atoms. The lowest BCUT2D eigenvalue weighted by Crippen LogP contribution is -2.39. The number of nitrogens with one attached hydrogen (secondary N) is 1. The van der Waals surface area contributed by atoms with Crippen molar-refractivity contribution in [2.45, 2.75) is 19.0 Å². The van der Waals surface area contributed by atoms with Crippen LogP contribution < -0.4 is 5.32 Å². The Kier molecular flexibility index (Phi) is 7.04. The molecule has 1 N–H and O–H groups in total. The van der Waals surface area contributed by atoms with E-state index in [9.17, 15) is 14.4 Å². The molecule has 120 valence electrons. The van der Waals surface area contributed by atoms with Crippen molar-refractivity contribution in [2.24, 2.45) is 0 Å². The minimum absolute atomic E-state index is 0.122. The summed E-state index contributed by atoms with van der Waals surface area (Å²) in [6.45, 7) is 0.332. The molecular weight excluding hydrogens is 290 g/mol. The summed E-state index contributed by atoms with van der Waals surface area (Å²) in [6, 6.07) is 5.90. The van der Waals surface area contributed by atoms with Crippen LogP contribution in [-0.4, -0.2) is 45.3 Å². The van der Waals surface area contributed by atoms with Crippen LogP contribution in [0.15, 0.2) is 24.3 Å². The predicted octanol–water partition coefficient (Wildman–Crippen LogP) is 0.667. The summed E-state index contributed by atoms with van der Waals surface area (Å²) in [6.07, 6.45) is -0.122. The molecule has 0 aliphatic heterocycles. The van der Waals surface area contributed by atoms with Crippen LogP contribution in [-0.2, 0) is 30.3 Å². The van der Waals surface area contributed by atoms with Crippen molar-refractivity contribution in [3.8, 4) is 0 Å². The first-order valence-electron chi connectivity index (χ1n) is 6.57. The van der Waals surface area contributed by atoms with Gasteiger partial charge in [0.15, 0.2) is 0 Å². The summed E-state index contributed by atoms with van der Waals surface area (Å²) in [5.41, 5.74) is 1.27. The van der Waals surface area contributed by atoms with Crippen molar-refractivity contribution in [3.63, 3.8) is 0 Å². The molecular formula is C15H19NO6. The Morgan fingerprint density at radius 1 is 1.00 bits per heavy atom. The van der Waals surface area contributed by atoms with E-state index in [0.29, 0.717) is 12.1 Å². The number of carbonyl (C=O) groups excluding carboxylic acids is 3. The Bertz CT molecular complexity index is 525. The molecule has 1 atom stereocenters. The average Bonchev–Trinajstić information content (AvgIpc) is 2.57. The quantitative estimate of drug-likeness (QED) is 0.584. The van der Waals surface area contributed by atoms with Crippen LogP contribution in [0.2, 0.25) is 0 Å². The summed E-state index contributed by atoms with van der Waals surface area (Å²) in [5.74, 6) is -1.47. The molecule has 0 aliphatic rings. The highest BCUT2D eigenvalue weighted by Gasteiger charge is 2.22. The maximum atomic E-state index is 11.6. The second kappa shape index (κ2) is 8.78. The highest BCUT2D eigenvalue weighted by Crippen LogP contribution is 2.07. The fraction of sp³-hybridized carbons (Fsp3) is 0.400. The lowest BCUT2D eigenvalue weighted by molar-refractivity contribution is -0.149. The zero-order chi connectivity index (χ0) is 16.5. The van der Waals surface area contributed by atoms with Gasteiger partial charge in [-0.1, -0.05) is 12.1 Å². The van der Waals surface area contributed by atoms with Gasteiger partial charge in [-0.3, -0.25) is 14.9 Å². The van der Waals surface area contributed by atoms with Crippen LogP contribution in [0.5, 0.6) is 0 Å². The Labute approximate surface area is 128 Å². The van der Waals surface area contributed by atoms with Gasteiger partial charge in [-0.25, -0.2) is 4.79 Å². The van der Waals surface area contributed by atoms with Crippen LogP contribution in [0.1, 0.15) is 22.3 Å². The molecule has 22 heavy (non-hydrogen) atoms. The van der Waals surface area contributed by atoms with Crippen LogP contribution in [0.3, 0.4) is 0 Å². The smallest absolute Gasteiger partial charge is 0.337 e. The first-order valence-corrected chi connectivity index (χ1v) is 6.57. The largest absolute Gasteiger partial charge is 0.469 e. The fourth-order valence-corrected chi connectivity index (χ4v) is 1.75. The van der Waals surface area contributed by atoms with Gasteiger partial charge in [0.2, 0.25) is 0 Å². The lowest BCUT2D eigenvalue weighted by atomic mass is 10.1. The number of hydrogen-bond acceptors (Lipinski definition) is 7. The summed E-state index contributed by atoms with van der Waals surface area (Å²) in [7, 11) is 3.81. The van der Waals surface area contributed by atoms with Crippen LogP contribution in [0.4, 0.5) is 0 Å². The molecule has 0 aromatic heterocycles. The van der Waals surface area contributed by atoms with E-state index in [4.69, 9.17) is 0 Å². The Morgan fingerprint density at radius 3 is 2.14 bits per heavy atom. The topological polar surface area (TPSA) is 90.9 Å². The zero-order valence-corrected chi connectivity index (χ0v) is 12.8. The Hall–Kier alpha value is -2.41. The van der Waals surface area contributed by atoms with Crippen LogP contribution in [0.25, 0.3) is 0 Å². The molecule has 0 unspecified atom stereocenters. The molecule has 7 heteroatoms. The second-order valence-corrected chi connectivity index (χ2v) is 4.43. The second-order valence-electron chi connectivity index (χ2n) is 4.43. The average molecular weight is 309 g/mol. The number of carbonyl (C=O) groups is 3. The van der Waals surface area contributed by atoms with E-state index in [2.05, 4.69) is 19.5 Å². The number of methoxy groups -OCH3 is 3. The van der Waals surface area contributed by atoms with E-state index < -0.39 is 23.9 Å². The van der Waals surface area contributed by atoms with E-state index in [1.807, 2.05) is 0 Å².